The van der Waals surface area contributed by atoms with Crippen molar-refractivity contribution < 1.29 is 26.8 Å². The summed E-state index contributed by atoms with van der Waals surface area (Å²) in [5.74, 6) is -1.57. The van der Waals surface area contributed by atoms with E-state index in [1.54, 1.807) is 43.9 Å². The van der Waals surface area contributed by atoms with Gasteiger partial charge in [0, 0.05) is 18.0 Å². The van der Waals surface area contributed by atoms with Gasteiger partial charge in [-0.3, -0.25) is 4.79 Å². The Labute approximate surface area is 193 Å². The van der Waals surface area contributed by atoms with E-state index in [1.165, 1.54) is 4.90 Å². The van der Waals surface area contributed by atoms with Gasteiger partial charge in [-0.25, -0.2) is 0 Å². The number of rotatable bonds is 6. The molecule has 2 rings (SSSR count). The fraction of sp³-hybridized carbons (Fsp3) is 0.550. The highest BCUT2D eigenvalue weighted by Crippen LogP contribution is 2.28. The van der Waals surface area contributed by atoms with Gasteiger partial charge >= 0.3 is 12.1 Å². The summed E-state index contributed by atoms with van der Waals surface area (Å²) in [4.78, 5) is 14.1. The molecule has 1 amide bonds. The molecule has 0 aliphatic carbocycles. The summed E-state index contributed by atoms with van der Waals surface area (Å²) < 4.78 is 51.5. The third kappa shape index (κ3) is 7.93. The van der Waals surface area contributed by atoms with Gasteiger partial charge in [0.15, 0.2) is 0 Å². The zero-order valence-corrected chi connectivity index (χ0v) is 21.8. The second-order valence-corrected chi connectivity index (χ2v) is 18.7. The lowest BCUT2D eigenvalue weighted by Crippen LogP contribution is -2.43. The first-order valence-electron chi connectivity index (χ1n) is 10.2. The predicted octanol–water partition coefficient (Wildman–Crippen LogP) is 5.81. The standard InChI is InChI=1S/C20H29ClF3N3O3Si2/c1-31(2,3)29-18(25-26-19(20(22,23)24)30-32(4,5)6)16-11-12-17(28)27(16)13-14-9-7-8-10-15(14)21/h7-10,16H,11-13H2,1-6H3/b25-18-,26-19-. The first-order chi connectivity index (χ1) is 14.6. The molecule has 1 atom stereocenters. The third-order valence-corrected chi connectivity index (χ3v) is 6.20. The van der Waals surface area contributed by atoms with Crippen LogP contribution >= 0.6 is 11.6 Å². The van der Waals surface area contributed by atoms with Crippen molar-refractivity contribution in [3.05, 3.63) is 34.9 Å². The summed E-state index contributed by atoms with van der Waals surface area (Å²) in [5.41, 5.74) is 0.725. The Balaban J connectivity index is 2.45. The summed E-state index contributed by atoms with van der Waals surface area (Å²) in [6.07, 6.45) is -4.21. The molecule has 12 heteroatoms. The van der Waals surface area contributed by atoms with Crippen LogP contribution in [0.25, 0.3) is 0 Å². The van der Waals surface area contributed by atoms with Crippen LogP contribution in [-0.2, 0) is 20.2 Å². The Hall–Kier alpha value is -1.86. The number of amides is 1. The van der Waals surface area contributed by atoms with Crippen LogP contribution in [0.3, 0.4) is 0 Å². The van der Waals surface area contributed by atoms with Crippen molar-refractivity contribution >= 4 is 45.9 Å². The second-order valence-electron chi connectivity index (χ2n) is 9.44. The maximum atomic E-state index is 13.5. The molecule has 1 aromatic rings. The lowest BCUT2D eigenvalue weighted by Gasteiger charge is -2.29. The average Bonchev–Trinajstić information content (AvgIpc) is 2.97. The van der Waals surface area contributed by atoms with E-state index in [2.05, 4.69) is 10.2 Å². The van der Waals surface area contributed by atoms with E-state index in [0.717, 1.165) is 5.56 Å². The summed E-state index contributed by atoms with van der Waals surface area (Å²) in [6, 6.07) is 6.45. The van der Waals surface area contributed by atoms with Crippen LogP contribution < -0.4 is 0 Å². The molecule has 0 N–H and O–H groups in total. The molecule has 1 heterocycles. The smallest absolute Gasteiger partial charge is 0.468 e. The first-order valence-corrected chi connectivity index (χ1v) is 17.4. The largest absolute Gasteiger partial charge is 0.532 e. The molecular formula is C20H29ClF3N3O3Si2. The number of alkyl halides is 3. The van der Waals surface area contributed by atoms with E-state index >= 15 is 0 Å². The Kier molecular flexibility index (Phi) is 8.22. The van der Waals surface area contributed by atoms with Crippen LogP contribution in [0, 0.1) is 0 Å². The second kappa shape index (κ2) is 9.96. The van der Waals surface area contributed by atoms with Crippen molar-refractivity contribution in [2.24, 2.45) is 10.2 Å². The number of carbonyl (C=O) groups is 1. The lowest BCUT2D eigenvalue weighted by atomic mass is 10.2. The van der Waals surface area contributed by atoms with Gasteiger partial charge in [-0.05, 0) is 57.3 Å². The molecule has 6 nitrogen and oxygen atoms in total. The van der Waals surface area contributed by atoms with Gasteiger partial charge in [-0.1, -0.05) is 29.8 Å². The van der Waals surface area contributed by atoms with E-state index in [4.69, 9.17) is 20.5 Å². The summed E-state index contributed by atoms with van der Waals surface area (Å²) in [5, 5.41) is 7.77. The number of carbonyl (C=O) groups excluding carboxylic acids is 1. The predicted molar refractivity (Wildman–Crippen MR) is 125 cm³/mol. The van der Waals surface area contributed by atoms with E-state index < -0.39 is 34.8 Å². The molecule has 1 aliphatic heterocycles. The highest BCUT2D eigenvalue weighted by atomic mass is 35.5. The minimum Gasteiger partial charge on any atom is -0.532 e. The fourth-order valence-electron chi connectivity index (χ4n) is 2.99. The highest BCUT2D eigenvalue weighted by molar-refractivity contribution is 6.71. The molecule has 1 aliphatic rings. The number of nitrogens with zero attached hydrogens (tertiary/aromatic N) is 3. The van der Waals surface area contributed by atoms with Gasteiger partial charge < -0.3 is 13.8 Å². The Bertz CT molecular complexity index is 897. The van der Waals surface area contributed by atoms with Gasteiger partial charge in [0.25, 0.3) is 0 Å². The first kappa shape index (κ1) is 26.4. The Morgan fingerprint density at radius 1 is 1.09 bits per heavy atom. The van der Waals surface area contributed by atoms with E-state index in [-0.39, 0.29) is 24.8 Å². The third-order valence-electron chi connectivity index (χ3n) is 4.21. The normalized spacial score (nSPS) is 18.9. The molecule has 0 saturated carbocycles. The summed E-state index contributed by atoms with van der Waals surface area (Å²) in [6.45, 7) is 10.7. The molecule has 178 valence electrons. The quantitative estimate of drug-likeness (QED) is 0.211. The van der Waals surface area contributed by atoms with Crippen LogP contribution in [0.1, 0.15) is 18.4 Å². The lowest BCUT2D eigenvalue weighted by molar-refractivity contribution is -0.128. The molecule has 1 unspecified atom stereocenters. The minimum atomic E-state index is -4.79. The van der Waals surface area contributed by atoms with Crippen molar-refractivity contribution in [1.29, 1.82) is 0 Å². The molecule has 1 fully saturated rings. The molecule has 0 bridgehead atoms. The zero-order valence-electron chi connectivity index (χ0n) is 19.1. The van der Waals surface area contributed by atoms with Crippen molar-refractivity contribution in [2.75, 3.05) is 0 Å². The van der Waals surface area contributed by atoms with Crippen molar-refractivity contribution in [2.45, 2.75) is 70.9 Å². The monoisotopic (exact) mass is 507 g/mol. The van der Waals surface area contributed by atoms with Gasteiger partial charge in [-0.15, -0.1) is 10.2 Å². The SMILES string of the molecule is C[Si](C)(C)O/C(=N\N=C(/O[Si](C)(C)C)C(F)(F)F)C1CCC(=O)N1Cc1ccccc1Cl. The Morgan fingerprint density at radius 2 is 1.69 bits per heavy atom. The van der Waals surface area contributed by atoms with E-state index in [0.29, 0.717) is 11.4 Å². The van der Waals surface area contributed by atoms with Crippen molar-refractivity contribution in [1.82, 2.24) is 4.90 Å². The number of halogens is 4. The number of hydrogen-bond donors (Lipinski definition) is 0. The summed E-state index contributed by atoms with van der Waals surface area (Å²) in [7, 11) is -4.88. The molecule has 1 saturated heterocycles. The van der Waals surface area contributed by atoms with Crippen molar-refractivity contribution in [3.63, 3.8) is 0 Å². The van der Waals surface area contributed by atoms with Crippen molar-refractivity contribution in [3.8, 4) is 0 Å². The number of likely N-dealkylation sites (tertiary alicyclic amines) is 1. The zero-order chi connectivity index (χ0) is 24.3. The van der Waals surface area contributed by atoms with Crippen LogP contribution in [0.5, 0.6) is 0 Å². The van der Waals surface area contributed by atoms with E-state index in [1.807, 2.05) is 19.6 Å². The fourth-order valence-corrected chi connectivity index (χ4v) is 4.72. The maximum absolute atomic E-state index is 13.5. The van der Waals surface area contributed by atoms with Gasteiger partial charge in [0.05, 0.1) is 0 Å². The number of benzene rings is 1. The number of hydrogen-bond acceptors (Lipinski definition) is 5. The molecule has 0 aromatic heterocycles. The van der Waals surface area contributed by atoms with Crippen LogP contribution in [-0.4, -0.2) is 51.5 Å². The molecule has 0 spiro atoms. The highest BCUT2D eigenvalue weighted by Gasteiger charge is 2.42. The topological polar surface area (TPSA) is 63.5 Å². The van der Waals surface area contributed by atoms with Crippen LogP contribution in [0.4, 0.5) is 13.2 Å². The van der Waals surface area contributed by atoms with Crippen LogP contribution in [0.2, 0.25) is 44.3 Å². The average molecular weight is 508 g/mol. The molecule has 32 heavy (non-hydrogen) atoms. The maximum Gasteiger partial charge on any atom is 0.468 e. The van der Waals surface area contributed by atoms with Gasteiger partial charge in [0.1, 0.15) is 6.04 Å². The van der Waals surface area contributed by atoms with Crippen LogP contribution in [0.15, 0.2) is 34.5 Å². The van der Waals surface area contributed by atoms with E-state index in [9.17, 15) is 18.0 Å². The minimum absolute atomic E-state index is 0.0111. The molecular weight excluding hydrogens is 479 g/mol. The summed E-state index contributed by atoms with van der Waals surface area (Å²) >= 11 is 6.25. The molecule has 0 radical (unpaired) electrons. The van der Waals surface area contributed by atoms with Gasteiger partial charge in [0.2, 0.25) is 28.4 Å². The molecule has 1 aromatic carbocycles. The Morgan fingerprint density at radius 3 is 2.22 bits per heavy atom. The van der Waals surface area contributed by atoms with Gasteiger partial charge in [-0.2, -0.15) is 13.2 Å².